The van der Waals surface area contributed by atoms with Crippen LogP contribution in [0.25, 0.3) is 0 Å². The number of nitrogens with zero attached hydrogens (tertiary/aromatic N) is 3. The second kappa shape index (κ2) is 16.6. The van der Waals surface area contributed by atoms with E-state index >= 15 is 0 Å². The summed E-state index contributed by atoms with van der Waals surface area (Å²) in [7, 11) is 8.62. The maximum Gasteiger partial charge on any atom is 0.224 e. The van der Waals surface area contributed by atoms with E-state index in [9.17, 15) is 5.11 Å². The average molecular weight is 604 g/mol. The molecule has 0 radical (unpaired) electrons. The Kier molecular flexibility index (Phi) is 12.3. The molecule has 0 aliphatic carbocycles. The Morgan fingerprint density at radius 1 is 0.636 bits per heavy atom. The van der Waals surface area contributed by atoms with Gasteiger partial charge in [0.15, 0.2) is 0 Å². The Balaban J connectivity index is 1.57. The van der Waals surface area contributed by atoms with E-state index in [0.717, 1.165) is 33.9 Å². The number of ether oxygens (including phenoxy) is 6. The monoisotopic (exact) mass is 603 g/mol. The maximum atomic E-state index is 11.5. The molecule has 0 aliphatic heterocycles. The lowest BCUT2D eigenvalue weighted by molar-refractivity contribution is -0.150. The number of methoxy groups -OCH3 is 3. The minimum absolute atomic E-state index is 0.0122. The van der Waals surface area contributed by atoms with E-state index < -0.39 is 18.3 Å². The molecule has 0 bridgehead atoms. The minimum Gasteiger partial charge on any atom is -0.497 e. The summed E-state index contributed by atoms with van der Waals surface area (Å²) in [6.45, 7) is 0.803. The fraction of sp³-hybridized carbons (Fsp3) is 0.353. The summed E-state index contributed by atoms with van der Waals surface area (Å²) in [5.41, 5.74) is 3.46. The lowest BCUT2D eigenvalue weighted by Gasteiger charge is -2.31. The molecule has 1 N–H and O–H groups in total. The summed E-state index contributed by atoms with van der Waals surface area (Å²) in [5, 5.41) is 11.5. The van der Waals surface area contributed by atoms with Gasteiger partial charge in [-0.05, 0) is 53.1 Å². The van der Waals surface area contributed by atoms with Gasteiger partial charge < -0.3 is 38.4 Å². The lowest BCUT2D eigenvalue weighted by atomic mass is 10.0. The fourth-order valence-electron chi connectivity index (χ4n) is 4.43. The Bertz CT molecular complexity index is 1380. The van der Waals surface area contributed by atoms with E-state index in [2.05, 4.69) is 9.97 Å². The molecule has 4 aromatic rings. The van der Waals surface area contributed by atoms with Crippen LogP contribution in [-0.2, 0) is 34.0 Å². The summed E-state index contributed by atoms with van der Waals surface area (Å²) < 4.78 is 34.7. The van der Waals surface area contributed by atoms with Crippen molar-refractivity contribution in [1.82, 2.24) is 9.97 Å². The Morgan fingerprint density at radius 3 is 1.50 bits per heavy atom. The quantitative estimate of drug-likeness (QED) is 0.178. The molecule has 0 saturated carbocycles. The van der Waals surface area contributed by atoms with Crippen LogP contribution in [-0.4, -0.2) is 69.3 Å². The van der Waals surface area contributed by atoms with Crippen molar-refractivity contribution >= 4 is 5.95 Å². The van der Waals surface area contributed by atoms with Gasteiger partial charge in [-0.2, -0.15) is 0 Å². The fourth-order valence-corrected chi connectivity index (χ4v) is 4.43. The molecule has 44 heavy (non-hydrogen) atoms. The number of aliphatic hydroxyl groups is 1. The van der Waals surface area contributed by atoms with Crippen LogP contribution >= 0.6 is 0 Å². The molecule has 234 valence electrons. The number of aliphatic hydroxyl groups excluding tert-OH is 1. The van der Waals surface area contributed by atoms with E-state index in [1.807, 2.05) is 91.8 Å². The molecule has 0 unspecified atom stereocenters. The number of hydrogen-bond acceptors (Lipinski definition) is 10. The zero-order valence-corrected chi connectivity index (χ0v) is 25.9. The highest BCUT2D eigenvalue weighted by Gasteiger charge is 2.33. The molecular weight excluding hydrogens is 562 g/mol. The first-order chi connectivity index (χ1) is 21.4. The van der Waals surface area contributed by atoms with E-state index in [0.29, 0.717) is 18.1 Å². The van der Waals surface area contributed by atoms with Crippen molar-refractivity contribution in [2.75, 3.05) is 46.9 Å². The van der Waals surface area contributed by atoms with Crippen molar-refractivity contribution in [3.05, 3.63) is 107 Å². The topological polar surface area (TPSA) is 105 Å². The smallest absolute Gasteiger partial charge is 0.224 e. The van der Waals surface area contributed by atoms with Crippen molar-refractivity contribution in [2.24, 2.45) is 0 Å². The van der Waals surface area contributed by atoms with Crippen molar-refractivity contribution in [3.8, 4) is 17.2 Å². The molecule has 3 aromatic carbocycles. The zero-order valence-electron chi connectivity index (χ0n) is 25.9. The van der Waals surface area contributed by atoms with Crippen LogP contribution in [0, 0.1) is 0 Å². The van der Waals surface area contributed by atoms with Gasteiger partial charge in [0.25, 0.3) is 0 Å². The summed E-state index contributed by atoms with van der Waals surface area (Å²) >= 11 is 0. The Labute approximate surface area is 259 Å². The highest BCUT2D eigenvalue weighted by molar-refractivity contribution is 5.30. The first-order valence-electron chi connectivity index (χ1n) is 14.3. The average Bonchev–Trinajstić information content (AvgIpc) is 3.07. The van der Waals surface area contributed by atoms with Gasteiger partial charge in [-0.1, -0.05) is 36.4 Å². The van der Waals surface area contributed by atoms with Crippen LogP contribution in [0.4, 0.5) is 5.95 Å². The molecule has 0 spiro atoms. The van der Waals surface area contributed by atoms with Crippen LogP contribution in [0.15, 0.2) is 85.2 Å². The SMILES string of the molecule is COc1ccc(COC[C@@H](O)[C@@H](OCc2ccc(OC)cc2)[C@H](OCc2ccc(OC)cc2)c2cnc(N(C)C)nc2)cc1. The number of rotatable bonds is 17. The highest BCUT2D eigenvalue weighted by Crippen LogP contribution is 2.29. The molecule has 10 heteroatoms. The van der Waals surface area contributed by atoms with Crippen LogP contribution < -0.4 is 19.1 Å². The summed E-state index contributed by atoms with van der Waals surface area (Å²) in [5.74, 6) is 2.82. The van der Waals surface area contributed by atoms with Crippen LogP contribution in [0.1, 0.15) is 28.4 Å². The van der Waals surface area contributed by atoms with Gasteiger partial charge >= 0.3 is 0 Å². The Morgan fingerprint density at radius 2 is 1.07 bits per heavy atom. The van der Waals surface area contributed by atoms with Gasteiger partial charge in [-0.25, -0.2) is 9.97 Å². The Hall–Kier alpha value is -4.22. The van der Waals surface area contributed by atoms with E-state index in [4.69, 9.17) is 28.4 Å². The molecule has 0 amide bonds. The first kappa shape index (κ1) is 32.7. The summed E-state index contributed by atoms with van der Waals surface area (Å²) in [6, 6.07) is 22.8. The van der Waals surface area contributed by atoms with Crippen molar-refractivity contribution in [3.63, 3.8) is 0 Å². The molecule has 4 rings (SSSR count). The normalized spacial score (nSPS) is 13.1. The maximum absolute atomic E-state index is 11.5. The largest absolute Gasteiger partial charge is 0.497 e. The van der Waals surface area contributed by atoms with Crippen LogP contribution in [0.5, 0.6) is 17.2 Å². The lowest BCUT2D eigenvalue weighted by Crippen LogP contribution is -2.39. The van der Waals surface area contributed by atoms with Crippen LogP contribution in [0.3, 0.4) is 0 Å². The third kappa shape index (κ3) is 9.39. The van der Waals surface area contributed by atoms with E-state index in [1.165, 1.54) is 0 Å². The van der Waals surface area contributed by atoms with Gasteiger partial charge in [0.05, 0.1) is 47.8 Å². The van der Waals surface area contributed by atoms with Gasteiger partial charge in [-0.3, -0.25) is 0 Å². The molecule has 1 aromatic heterocycles. The molecular formula is C34H41N3O7. The summed E-state index contributed by atoms with van der Waals surface area (Å²) in [4.78, 5) is 10.8. The predicted octanol–water partition coefficient (Wildman–Crippen LogP) is 4.99. The zero-order chi connectivity index (χ0) is 31.3. The van der Waals surface area contributed by atoms with Gasteiger partial charge in [0.1, 0.15) is 35.6 Å². The second-order valence-corrected chi connectivity index (χ2v) is 10.3. The van der Waals surface area contributed by atoms with Gasteiger partial charge in [0, 0.05) is 32.1 Å². The first-order valence-corrected chi connectivity index (χ1v) is 14.3. The van der Waals surface area contributed by atoms with Crippen molar-refractivity contribution < 1.29 is 33.5 Å². The second-order valence-electron chi connectivity index (χ2n) is 10.3. The molecule has 3 atom stereocenters. The molecule has 1 heterocycles. The van der Waals surface area contributed by atoms with Crippen LogP contribution in [0.2, 0.25) is 0 Å². The van der Waals surface area contributed by atoms with Gasteiger partial charge in [0.2, 0.25) is 5.95 Å². The third-order valence-electron chi connectivity index (χ3n) is 6.97. The van der Waals surface area contributed by atoms with Crippen molar-refractivity contribution in [1.29, 1.82) is 0 Å². The van der Waals surface area contributed by atoms with Crippen molar-refractivity contribution in [2.45, 2.75) is 38.1 Å². The van der Waals surface area contributed by atoms with E-state index in [1.54, 1.807) is 33.7 Å². The van der Waals surface area contributed by atoms with Gasteiger partial charge in [-0.15, -0.1) is 0 Å². The number of benzene rings is 3. The summed E-state index contributed by atoms with van der Waals surface area (Å²) in [6.07, 6.45) is 0.831. The molecule has 10 nitrogen and oxygen atoms in total. The molecule has 0 fully saturated rings. The third-order valence-corrected chi connectivity index (χ3v) is 6.97. The minimum atomic E-state index is -1.04. The molecule has 0 aliphatic rings. The number of anilines is 1. The number of hydrogen-bond donors (Lipinski definition) is 1. The standard InChI is InChI=1S/C34H41N3O7/c1-37(2)34-35-18-27(19-36-34)32(43-21-25-8-14-29(40-4)15-9-25)33(44-22-26-10-16-30(41-5)17-11-26)31(38)23-42-20-24-6-12-28(39-3)13-7-24/h6-19,31-33,38H,20-23H2,1-5H3/t31-,32-,33-/m1/s1. The molecule has 0 saturated heterocycles. The number of aromatic nitrogens is 2. The predicted molar refractivity (Wildman–Crippen MR) is 167 cm³/mol. The van der Waals surface area contributed by atoms with E-state index in [-0.39, 0.29) is 19.8 Å². The highest BCUT2D eigenvalue weighted by atomic mass is 16.6.